The molecule has 0 aromatic carbocycles. The van der Waals surface area contributed by atoms with E-state index in [1.807, 2.05) is 12.1 Å². The molecule has 2 saturated heterocycles. The number of rotatable bonds is 3. The first-order valence-corrected chi connectivity index (χ1v) is 7.70. The van der Waals surface area contributed by atoms with Crippen LogP contribution in [0.25, 0.3) is 0 Å². The monoisotopic (exact) mass is 305 g/mol. The van der Waals surface area contributed by atoms with Crippen molar-refractivity contribution >= 4 is 5.97 Å². The van der Waals surface area contributed by atoms with E-state index in [4.69, 9.17) is 9.47 Å². The summed E-state index contributed by atoms with van der Waals surface area (Å²) in [6.07, 6.45) is 0. The molecule has 120 valence electrons. The summed E-state index contributed by atoms with van der Waals surface area (Å²) >= 11 is 0. The Hall–Kier alpha value is -1.50. The number of fused-ring (bicyclic) bond motifs is 3. The number of carbonyl (C=O) groups excluding carboxylic acids is 1. The fourth-order valence-corrected chi connectivity index (χ4v) is 3.35. The molecule has 0 spiro atoms. The van der Waals surface area contributed by atoms with Crippen molar-refractivity contribution in [2.75, 3.05) is 47.0 Å². The first-order valence-electron chi connectivity index (χ1n) is 7.70. The molecule has 1 aromatic rings. The maximum atomic E-state index is 11.6. The van der Waals surface area contributed by atoms with E-state index in [0.29, 0.717) is 17.7 Å². The zero-order valence-corrected chi connectivity index (χ0v) is 13.2. The van der Waals surface area contributed by atoms with Crippen molar-refractivity contribution in [1.29, 1.82) is 0 Å². The number of likely N-dealkylation sites (N-methyl/N-ethyl adjacent to an activating group) is 1. The summed E-state index contributed by atoms with van der Waals surface area (Å²) in [5.41, 5.74) is 1.27. The van der Waals surface area contributed by atoms with Crippen LogP contribution in [0.3, 0.4) is 0 Å². The molecule has 6 nitrogen and oxygen atoms in total. The highest BCUT2D eigenvalue weighted by atomic mass is 16.5. The molecular weight excluding hydrogens is 282 g/mol. The summed E-state index contributed by atoms with van der Waals surface area (Å²) in [4.78, 5) is 20.9. The smallest absolute Gasteiger partial charge is 0.356 e. The SMILES string of the molecule is COC(=O)c1cccc(CN2C[C@H]3COC[C@@H]2CN(C)C3)n1. The molecule has 0 unspecified atom stereocenters. The summed E-state index contributed by atoms with van der Waals surface area (Å²) in [5.74, 6) is 0.140. The maximum absolute atomic E-state index is 11.6. The van der Waals surface area contributed by atoms with Gasteiger partial charge in [-0.1, -0.05) is 6.07 Å². The molecule has 2 aliphatic rings. The number of aromatic nitrogens is 1. The Labute approximate surface area is 131 Å². The Balaban J connectivity index is 1.76. The van der Waals surface area contributed by atoms with Gasteiger partial charge < -0.3 is 14.4 Å². The van der Waals surface area contributed by atoms with Gasteiger partial charge in [0.2, 0.25) is 0 Å². The Bertz CT molecular complexity index is 537. The molecule has 3 rings (SSSR count). The molecule has 6 heteroatoms. The zero-order chi connectivity index (χ0) is 15.5. The van der Waals surface area contributed by atoms with Gasteiger partial charge in [-0.15, -0.1) is 0 Å². The Morgan fingerprint density at radius 1 is 1.36 bits per heavy atom. The van der Waals surface area contributed by atoms with E-state index in [1.54, 1.807) is 6.07 Å². The molecule has 22 heavy (non-hydrogen) atoms. The number of carbonyl (C=O) groups is 1. The number of esters is 1. The quantitative estimate of drug-likeness (QED) is 0.764. The summed E-state index contributed by atoms with van der Waals surface area (Å²) in [5, 5.41) is 0. The predicted octanol–water partition coefficient (Wildman–Crippen LogP) is 0.631. The van der Waals surface area contributed by atoms with E-state index in [-0.39, 0.29) is 5.97 Å². The Morgan fingerprint density at radius 3 is 3.05 bits per heavy atom. The molecular formula is C16H23N3O3. The average Bonchev–Trinajstić information content (AvgIpc) is 2.76. The summed E-state index contributed by atoms with van der Waals surface area (Å²) in [6, 6.07) is 5.89. The molecule has 3 heterocycles. The Kier molecular flexibility index (Phi) is 4.71. The van der Waals surface area contributed by atoms with Gasteiger partial charge in [-0.3, -0.25) is 4.90 Å². The number of hydrogen-bond acceptors (Lipinski definition) is 6. The summed E-state index contributed by atoms with van der Waals surface area (Å²) < 4.78 is 10.5. The van der Waals surface area contributed by atoms with E-state index >= 15 is 0 Å². The van der Waals surface area contributed by atoms with Crippen molar-refractivity contribution in [3.05, 3.63) is 29.6 Å². The fraction of sp³-hybridized carbons (Fsp3) is 0.625. The van der Waals surface area contributed by atoms with Crippen LogP contribution in [0.5, 0.6) is 0 Å². The van der Waals surface area contributed by atoms with Crippen LogP contribution in [0.15, 0.2) is 18.2 Å². The third-order valence-corrected chi connectivity index (χ3v) is 4.33. The van der Waals surface area contributed by atoms with Gasteiger partial charge in [-0.05, 0) is 19.2 Å². The van der Waals surface area contributed by atoms with Gasteiger partial charge >= 0.3 is 5.97 Å². The van der Waals surface area contributed by atoms with Crippen LogP contribution in [0.2, 0.25) is 0 Å². The number of methoxy groups -OCH3 is 1. The predicted molar refractivity (Wildman–Crippen MR) is 81.6 cm³/mol. The van der Waals surface area contributed by atoms with Gasteiger partial charge in [0.05, 0.1) is 26.0 Å². The second-order valence-electron chi connectivity index (χ2n) is 6.21. The van der Waals surface area contributed by atoms with Crippen molar-refractivity contribution in [3.8, 4) is 0 Å². The van der Waals surface area contributed by atoms with Gasteiger partial charge in [0, 0.05) is 38.1 Å². The normalized spacial score (nSPS) is 26.5. The molecule has 2 atom stereocenters. The highest BCUT2D eigenvalue weighted by Gasteiger charge is 2.32. The van der Waals surface area contributed by atoms with E-state index in [0.717, 1.165) is 45.1 Å². The molecule has 1 aromatic heterocycles. The van der Waals surface area contributed by atoms with Crippen molar-refractivity contribution < 1.29 is 14.3 Å². The maximum Gasteiger partial charge on any atom is 0.356 e. The van der Waals surface area contributed by atoms with Crippen LogP contribution in [0, 0.1) is 5.92 Å². The molecule has 2 bridgehead atoms. The third kappa shape index (κ3) is 3.45. The second-order valence-corrected chi connectivity index (χ2v) is 6.21. The van der Waals surface area contributed by atoms with Crippen LogP contribution in [-0.2, 0) is 16.0 Å². The van der Waals surface area contributed by atoms with E-state index < -0.39 is 0 Å². The van der Waals surface area contributed by atoms with Gasteiger partial charge in [0.1, 0.15) is 5.69 Å². The minimum atomic E-state index is -0.389. The number of nitrogens with zero attached hydrogens (tertiary/aromatic N) is 3. The van der Waals surface area contributed by atoms with Gasteiger partial charge in [-0.2, -0.15) is 0 Å². The number of pyridine rings is 1. The van der Waals surface area contributed by atoms with Gasteiger partial charge in [-0.25, -0.2) is 9.78 Å². The fourth-order valence-electron chi connectivity index (χ4n) is 3.35. The molecule has 2 aliphatic heterocycles. The van der Waals surface area contributed by atoms with Crippen molar-refractivity contribution in [2.45, 2.75) is 12.6 Å². The molecule has 0 radical (unpaired) electrons. The van der Waals surface area contributed by atoms with E-state index in [2.05, 4.69) is 21.8 Å². The largest absolute Gasteiger partial charge is 0.464 e. The van der Waals surface area contributed by atoms with Crippen LogP contribution < -0.4 is 0 Å². The first kappa shape index (κ1) is 15.4. The van der Waals surface area contributed by atoms with Gasteiger partial charge in [0.15, 0.2) is 0 Å². The van der Waals surface area contributed by atoms with E-state index in [9.17, 15) is 4.79 Å². The third-order valence-electron chi connectivity index (χ3n) is 4.33. The van der Waals surface area contributed by atoms with Crippen molar-refractivity contribution in [2.24, 2.45) is 5.92 Å². The van der Waals surface area contributed by atoms with E-state index in [1.165, 1.54) is 7.11 Å². The van der Waals surface area contributed by atoms with Crippen LogP contribution in [0.4, 0.5) is 0 Å². The lowest BCUT2D eigenvalue weighted by Gasteiger charge is -2.29. The number of hydrogen-bond donors (Lipinski definition) is 0. The topological polar surface area (TPSA) is 54.9 Å². The lowest BCUT2D eigenvalue weighted by molar-refractivity contribution is 0.0557. The second kappa shape index (κ2) is 6.73. The van der Waals surface area contributed by atoms with Crippen LogP contribution in [-0.4, -0.2) is 73.8 Å². The van der Waals surface area contributed by atoms with Gasteiger partial charge in [0.25, 0.3) is 0 Å². The summed E-state index contributed by atoms with van der Waals surface area (Å²) in [6.45, 7) is 5.42. The number of ether oxygens (including phenoxy) is 2. The molecule has 0 aliphatic carbocycles. The molecule has 2 fully saturated rings. The summed E-state index contributed by atoms with van der Waals surface area (Å²) in [7, 11) is 3.55. The first-order chi connectivity index (χ1) is 10.7. The highest BCUT2D eigenvalue weighted by Crippen LogP contribution is 2.20. The molecule has 0 amide bonds. The zero-order valence-electron chi connectivity index (χ0n) is 13.2. The standard InChI is InChI=1S/C16H23N3O3/c1-18-6-12-7-19(14(9-18)11-22-10-12)8-13-4-3-5-15(17-13)16(20)21-2/h3-5,12,14H,6-11H2,1-2H3/t12-,14-/m0/s1. The average molecular weight is 305 g/mol. The van der Waals surface area contributed by atoms with Crippen LogP contribution in [0.1, 0.15) is 16.2 Å². The van der Waals surface area contributed by atoms with Crippen molar-refractivity contribution in [1.82, 2.24) is 14.8 Å². The minimum absolute atomic E-state index is 0.367. The lowest BCUT2D eigenvalue weighted by Crippen LogP contribution is -2.42. The lowest BCUT2D eigenvalue weighted by atomic mass is 10.1. The highest BCUT2D eigenvalue weighted by molar-refractivity contribution is 5.87. The molecule has 0 saturated carbocycles. The van der Waals surface area contributed by atoms with Crippen molar-refractivity contribution in [3.63, 3.8) is 0 Å². The Morgan fingerprint density at radius 2 is 2.23 bits per heavy atom. The van der Waals surface area contributed by atoms with Crippen LogP contribution >= 0.6 is 0 Å². The molecule has 0 N–H and O–H groups in total. The minimum Gasteiger partial charge on any atom is -0.464 e.